The summed E-state index contributed by atoms with van der Waals surface area (Å²) in [4.78, 5) is 23.1. The Morgan fingerprint density at radius 2 is 1.92 bits per heavy atom. The summed E-state index contributed by atoms with van der Waals surface area (Å²) in [5.74, 6) is 1.97. The molecule has 38 heavy (non-hydrogen) atoms. The van der Waals surface area contributed by atoms with Crippen molar-refractivity contribution in [3.05, 3.63) is 53.3 Å². The highest BCUT2D eigenvalue weighted by atomic mass is 16.5. The van der Waals surface area contributed by atoms with Crippen LogP contribution >= 0.6 is 0 Å². The van der Waals surface area contributed by atoms with E-state index >= 15 is 0 Å². The van der Waals surface area contributed by atoms with Crippen molar-refractivity contribution >= 4 is 22.9 Å². The van der Waals surface area contributed by atoms with E-state index < -0.39 is 0 Å². The summed E-state index contributed by atoms with van der Waals surface area (Å²) >= 11 is 0. The molecule has 1 fully saturated rings. The molecule has 0 saturated carbocycles. The van der Waals surface area contributed by atoms with E-state index in [4.69, 9.17) is 9.72 Å². The number of aryl methyl sites for hydroxylation is 2. The molecule has 4 aromatic rings. The van der Waals surface area contributed by atoms with E-state index in [9.17, 15) is 4.79 Å². The van der Waals surface area contributed by atoms with Gasteiger partial charge in [0.05, 0.1) is 35.1 Å². The van der Waals surface area contributed by atoms with Crippen molar-refractivity contribution in [1.82, 2.24) is 29.6 Å². The second-order valence-electron chi connectivity index (χ2n) is 10.7. The summed E-state index contributed by atoms with van der Waals surface area (Å²) < 4.78 is 10.1. The van der Waals surface area contributed by atoms with Crippen LogP contribution in [0.15, 0.2) is 36.5 Å². The first-order chi connectivity index (χ1) is 18.5. The summed E-state index contributed by atoms with van der Waals surface area (Å²) in [7, 11) is 1.86. The second kappa shape index (κ2) is 10.2. The fraction of sp³-hybridized carbons (Fsp3) is 0.448. The molecule has 6 rings (SSSR count). The molecular weight excluding hydrogens is 478 g/mol. The van der Waals surface area contributed by atoms with Gasteiger partial charge in [-0.2, -0.15) is 5.10 Å². The zero-order valence-corrected chi connectivity index (χ0v) is 22.3. The number of carbonyl (C=O) groups excluding carboxylic acids is 1. The topological polar surface area (TPSA) is 98.9 Å². The maximum atomic E-state index is 13.6. The molecule has 1 atom stereocenters. The third-order valence-corrected chi connectivity index (χ3v) is 7.76. The summed E-state index contributed by atoms with van der Waals surface area (Å²) in [6.45, 7) is 7.59. The standard InChI is InChI=1S/C29H35N7O2/c1-18-5-4-12-38-28-23(16-31-35(28)3)25-14-22(13-19(2)32-25)27(37)34-29-33-24-7-6-21(15-26(24)36(29)17-18)20-8-10-30-11-9-20/h6-7,13-16,18,20,30H,4-5,8-12,17H2,1-3H3,(H,33,34,37)/t18-/m1/s1. The van der Waals surface area contributed by atoms with Crippen LogP contribution in [0.3, 0.4) is 0 Å². The third-order valence-electron chi connectivity index (χ3n) is 7.76. The lowest BCUT2D eigenvalue weighted by molar-refractivity contribution is 0.102. The second-order valence-corrected chi connectivity index (χ2v) is 10.7. The highest BCUT2D eigenvalue weighted by molar-refractivity contribution is 6.04. The summed E-state index contributed by atoms with van der Waals surface area (Å²) in [6, 6.07) is 10.2. The van der Waals surface area contributed by atoms with Crippen molar-refractivity contribution < 1.29 is 9.53 Å². The molecule has 198 valence electrons. The molecule has 9 heteroatoms. The predicted molar refractivity (Wildman–Crippen MR) is 148 cm³/mol. The zero-order valence-electron chi connectivity index (χ0n) is 22.3. The number of hydrogen-bond acceptors (Lipinski definition) is 6. The van der Waals surface area contributed by atoms with E-state index in [1.54, 1.807) is 23.0 Å². The molecule has 2 bridgehead atoms. The molecule has 1 aromatic carbocycles. The molecular formula is C29H35N7O2. The van der Waals surface area contributed by atoms with Gasteiger partial charge in [-0.25, -0.2) is 9.67 Å². The van der Waals surface area contributed by atoms with Gasteiger partial charge in [0, 0.05) is 24.8 Å². The first-order valence-electron chi connectivity index (χ1n) is 13.6. The van der Waals surface area contributed by atoms with E-state index in [0.29, 0.717) is 41.5 Å². The van der Waals surface area contributed by atoms with Crippen LogP contribution in [0.4, 0.5) is 5.95 Å². The van der Waals surface area contributed by atoms with Gasteiger partial charge >= 0.3 is 0 Å². The SMILES string of the molecule is Cc1cc2cc(n1)-c1cnn(C)c1OCCC[C@@H](C)Cn1c(nc3ccc(C4CCNCC4)cc31)NC2=O. The molecule has 2 aliphatic heterocycles. The number of nitrogens with zero attached hydrogens (tertiary/aromatic N) is 5. The molecule has 0 radical (unpaired) electrons. The number of ether oxygens (including phenoxy) is 1. The monoisotopic (exact) mass is 513 g/mol. The molecule has 2 N–H and O–H groups in total. The number of rotatable bonds is 1. The summed E-state index contributed by atoms with van der Waals surface area (Å²) in [5, 5.41) is 11.0. The number of benzene rings is 1. The van der Waals surface area contributed by atoms with Gasteiger partial charge in [0.1, 0.15) is 0 Å². The lowest BCUT2D eigenvalue weighted by atomic mass is 9.90. The fourth-order valence-electron chi connectivity index (χ4n) is 5.72. The average Bonchev–Trinajstić information content (AvgIpc) is 3.45. The minimum absolute atomic E-state index is 0.208. The Morgan fingerprint density at radius 3 is 2.76 bits per heavy atom. The number of amides is 1. The fourth-order valence-corrected chi connectivity index (χ4v) is 5.72. The number of aromatic nitrogens is 5. The number of hydrogen-bond donors (Lipinski definition) is 2. The Balaban J connectivity index is 1.42. The van der Waals surface area contributed by atoms with Crippen molar-refractivity contribution in [2.45, 2.75) is 52.0 Å². The number of piperidine rings is 1. The molecule has 5 heterocycles. The van der Waals surface area contributed by atoms with Gasteiger partial charge in [-0.15, -0.1) is 0 Å². The number of fused-ring (bicyclic) bond motifs is 7. The van der Waals surface area contributed by atoms with Crippen LogP contribution in [-0.2, 0) is 13.6 Å². The molecule has 1 saturated heterocycles. The van der Waals surface area contributed by atoms with Crippen molar-refractivity contribution in [2.24, 2.45) is 13.0 Å². The highest BCUT2D eigenvalue weighted by Crippen LogP contribution is 2.32. The zero-order chi connectivity index (χ0) is 26.2. The number of imidazole rings is 1. The number of anilines is 1. The highest BCUT2D eigenvalue weighted by Gasteiger charge is 2.22. The number of nitrogens with one attached hydrogen (secondary N) is 2. The Hall–Kier alpha value is -3.72. The van der Waals surface area contributed by atoms with Gasteiger partial charge in [-0.05, 0) is 87.4 Å². The van der Waals surface area contributed by atoms with Crippen molar-refractivity contribution in [1.29, 1.82) is 0 Å². The molecule has 9 nitrogen and oxygen atoms in total. The normalized spacial score (nSPS) is 19.1. The van der Waals surface area contributed by atoms with E-state index in [2.05, 4.69) is 50.4 Å². The minimum atomic E-state index is -0.208. The quantitative estimate of drug-likeness (QED) is 0.384. The van der Waals surface area contributed by atoms with Crippen LogP contribution in [0.2, 0.25) is 0 Å². The molecule has 0 spiro atoms. The van der Waals surface area contributed by atoms with Crippen LogP contribution in [-0.4, -0.2) is 49.9 Å². The molecule has 0 unspecified atom stereocenters. The Kier molecular flexibility index (Phi) is 6.61. The maximum absolute atomic E-state index is 13.6. The largest absolute Gasteiger partial charge is 0.477 e. The lowest BCUT2D eigenvalue weighted by Crippen LogP contribution is -2.26. The summed E-state index contributed by atoms with van der Waals surface area (Å²) in [5.41, 5.74) is 6.06. The van der Waals surface area contributed by atoms with E-state index in [-0.39, 0.29) is 5.91 Å². The number of carbonyl (C=O) groups is 1. The van der Waals surface area contributed by atoms with Gasteiger partial charge < -0.3 is 14.6 Å². The number of pyridine rings is 1. The summed E-state index contributed by atoms with van der Waals surface area (Å²) in [6.07, 6.45) is 5.92. The van der Waals surface area contributed by atoms with Crippen LogP contribution in [0.1, 0.15) is 60.1 Å². The van der Waals surface area contributed by atoms with Gasteiger partial charge in [-0.1, -0.05) is 13.0 Å². The average molecular weight is 514 g/mol. The van der Waals surface area contributed by atoms with Gasteiger partial charge in [0.2, 0.25) is 11.8 Å². The van der Waals surface area contributed by atoms with Crippen molar-refractivity contribution in [2.75, 3.05) is 25.0 Å². The minimum Gasteiger partial charge on any atom is -0.477 e. The van der Waals surface area contributed by atoms with Gasteiger partial charge in [-0.3, -0.25) is 15.1 Å². The van der Waals surface area contributed by atoms with Gasteiger partial charge in [0.15, 0.2) is 0 Å². The Morgan fingerprint density at radius 1 is 1.08 bits per heavy atom. The van der Waals surface area contributed by atoms with Crippen molar-refractivity contribution in [3.63, 3.8) is 0 Å². The first-order valence-corrected chi connectivity index (χ1v) is 13.6. The van der Waals surface area contributed by atoms with Crippen molar-refractivity contribution in [3.8, 4) is 17.1 Å². The van der Waals surface area contributed by atoms with Crippen LogP contribution in [0, 0.1) is 12.8 Å². The van der Waals surface area contributed by atoms with Crippen LogP contribution in [0.25, 0.3) is 22.3 Å². The smallest absolute Gasteiger partial charge is 0.258 e. The first kappa shape index (κ1) is 24.6. The van der Waals surface area contributed by atoms with Crippen LogP contribution < -0.4 is 15.4 Å². The van der Waals surface area contributed by atoms with E-state index in [1.807, 2.05) is 14.0 Å². The predicted octanol–water partition coefficient (Wildman–Crippen LogP) is 4.67. The van der Waals surface area contributed by atoms with E-state index in [1.165, 1.54) is 5.56 Å². The third kappa shape index (κ3) is 4.78. The maximum Gasteiger partial charge on any atom is 0.258 e. The van der Waals surface area contributed by atoms with Crippen LogP contribution in [0.5, 0.6) is 5.88 Å². The lowest BCUT2D eigenvalue weighted by Gasteiger charge is -2.23. The molecule has 0 aliphatic carbocycles. The Bertz CT molecular complexity index is 1480. The molecule has 3 aromatic heterocycles. The van der Waals surface area contributed by atoms with Gasteiger partial charge in [0.25, 0.3) is 5.91 Å². The molecule has 1 amide bonds. The molecule has 2 aliphatic rings. The Labute approximate surface area is 222 Å². The van der Waals surface area contributed by atoms with E-state index in [0.717, 1.165) is 67.6 Å².